The summed E-state index contributed by atoms with van der Waals surface area (Å²) in [6.45, 7) is 18.8. The van der Waals surface area contributed by atoms with Gasteiger partial charge < -0.3 is 0 Å². The van der Waals surface area contributed by atoms with Gasteiger partial charge in [0.05, 0.1) is 0 Å². The Bertz CT molecular complexity index is 135. The van der Waals surface area contributed by atoms with Crippen LogP contribution < -0.4 is 0 Å². The van der Waals surface area contributed by atoms with Crippen LogP contribution in [0.5, 0.6) is 0 Å². The summed E-state index contributed by atoms with van der Waals surface area (Å²) in [7, 11) is 0. The fraction of sp³-hybridized carbons (Fsp3) is 1.00. The van der Waals surface area contributed by atoms with Crippen LogP contribution in [0, 0.1) is 22.7 Å². The summed E-state index contributed by atoms with van der Waals surface area (Å²) in [5.41, 5.74) is 0.867. The lowest BCUT2D eigenvalue weighted by Crippen LogP contribution is -2.36. The van der Waals surface area contributed by atoms with Gasteiger partial charge in [-0.25, -0.2) is 0 Å². The van der Waals surface area contributed by atoms with E-state index < -0.39 is 0 Å². The Labute approximate surface area is 78.8 Å². The maximum Gasteiger partial charge on any atom is -0.0300 e. The molecule has 0 rings (SSSR count). The smallest absolute Gasteiger partial charge is 0.0300 e. The Morgan fingerprint density at radius 1 is 0.750 bits per heavy atom. The van der Waals surface area contributed by atoms with Crippen LogP contribution in [-0.2, 0) is 0 Å². The van der Waals surface area contributed by atoms with Crippen LogP contribution in [0.3, 0.4) is 0 Å². The molecule has 0 N–H and O–H groups in total. The maximum absolute atomic E-state index is 2.38. The second-order valence-corrected chi connectivity index (χ2v) is 6.06. The van der Waals surface area contributed by atoms with Gasteiger partial charge in [-0.15, -0.1) is 0 Å². The maximum atomic E-state index is 2.38. The first-order valence-corrected chi connectivity index (χ1v) is 5.10. The molecule has 0 heteroatoms. The molecule has 0 aliphatic carbocycles. The summed E-state index contributed by atoms with van der Waals surface area (Å²) in [5, 5.41) is 0. The summed E-state index contributed by atoms with van der Waals surface area (Å²) >= 11 is 0. The first kappa shape index (κ1) is 12.0. The van der Waals surface area contributed by atoms with Crippen molar-refractivity contribution in [1.29, 1.82) is 0 Å². The molecule has 1 unspecified atom stereocenters. The molecule has 0 fully saturated rings. The molecule has 0 amide bonds. The molecule has 0 aliphatic rings. The van der Waals surface area contributed by atoms with Gasteiger partial charge >= 0.3 is 0 Å². The van der Waals surface area contributed by atoms with Gasteiger partial charge in [-0.05, 0) is 22.7 Å². The molecule has 0 nitrogen and oxygen atoms in total. The average molecular weight is 170 g/mol. The predicted molar refractivity (Wildman–Crippen MR) is 57.2 cm³/mol. The van der Waals surface area contributed by atoms with E-state index in [4.69, 9.17) is 0 Å². The molecule has 0 saturated carbocycles. The summed E-state index contributed by atoms with van der Waals surface area (Å²) in [6.07, 6.45) is 0. The molecule has 0 aliphatic heterocycles. The van der Waals surface area contributed by atoms with Crippen molar-refractivity contribution in [2.24, 2.45) is 22.7 Å². The topological polar surface area (TPSA) is 0 Å². The van der Waals surface area contributed by atoms with E-state index in [1.54, 1.807) is 0 Å². The Morgan fingerprint density at radius 2 is 1.08 bits per heavy atom. The Balaban J connectivity index is 4.57. The lowest BCUT2D eigenvalue weighted by atomic mass is 9.62. The highest BCUT2D eigenvalue weighted by Crippen LogP contribution is 2.44. The van der Waals surface area contributed by atoms with Gasteiger partial charge in [0.15, 0.2) is 0 Å². The molecule has 0 aromatic carbocycles. The summed E-state index contributed by atoms with van der Waals surface area (Å²) in [5.74, 6) is 1.51. The molecular weight excluding hydrogens is 144 g/mol. The first-order valence-electron chi connectivity index (χ1n) is 5.10. The van der Waals surface area contributed by atoms with Crippen molar-refractivity contribution in [3.05, 3.63) is 0 Å². The zero-order chi connectivity index (χ0) is 10.2. The number of hydrogen-bond donors (Lipinski definition) is 0. The summed E-state index contributed by atoms with van der Waals surface area (Å²) in [6, 6.07) is 0. The summed E-state index contributed by atoms with van der Waals surface area (Å²) in [4.78, 5) is 0. The van der Waals surface area contributed by atoms with E-state index in [1.807, 2.05) is 0 Å². The van der Waals surface area contributed by atoms with Crippen LogP contribution in [0.25, 0.3) is 0 Å². The van der Waals surface area contributed by atoms with Crippen LogP contribution in [0.2, 0.25) is 0 Å². The minimum atomic E-state index is 0.424. The van der Waals surface area contributed by atoms with Crippen molar-refractivity contribution in [2.75, 3.05) is 0 Å². The molecule has 0 heterocycles. The molecule has 0 spiro atoms. The van der Waals surface area contributed by atoms with Gasteiger partial charge in [0, 0.05) is 0 Å². The van der Waals surface area contributed by atoms with Gasteiger partial charge in [-0.3, -0.25) is 0 Å². The number of hydrogen-bond acceptors (Lipinski definition) is 0. The minimum Gasteiger partial charge on any atom is -0.0623 e. The normalized spacial score (nSPS) is 16.8. The van der Waals surface area contributed by atoms with E-state index in [9.17, 15) is 0 Å². The molecule has 74 valence electrons. The zero-order valence-corrected chi connectivity index (χ0v) is 10.2. The van der Waals surface area contributed by atoms with E-state index in [2.05, 4.69) is 55.4 Å². The molecule has 1 atom stereocenters. The van der Waals surface area contributed by atoms with E-state index in [1.165, 1.54) is 0 Å². The molecule has 0 bridgehead atoms. The molecule has 0 radical (unpaired) electrons. The van der Waals surface area contributed by atoms with Gasteiger partial charge in [0.25, 0.3) is 0 Å². The van der Waals surface area contributed by atoms with Crippen LogP contribution in [0.4, 0.5) is 0 Å². The molecule has 0 aromatic rings. The van der Waals surface area contributed by atoms with E-state index in [0.717, 1.165) is 11.8 Å². The highest BCUT2D eigenvalue weighted by molar-refractivity contribution is 4.85. The quantitative estimate of drug-likeness (QED) is 0.578. The Morgan fingerprint density at radius 3 is 1.17 bits per heavy atom. The molecule has 0 saturated heterocycles. The van der Waals surface area contributed by atoms with E-state index >= 15 is 0 Å². The molecule has 0 aromatic heterocycles. The van der Waals surface area contributed by atoms with E-state index in [-0.39, 0.29) is 0 Å². The SMILES string of the molecule is CC(C)C(C)(C)C(C)C(C)(C)C. The fourth-order valence-corrected chi connectivity index (χ4v) is 1.62. The highest BCUT2D eigenvalue weighted by Gasteiger charge is 2.36. The van der Waals surface area contributed by atoms with Crippen molar-refractivity contribution in [2.45, 2.75) is 55.4 Å². The van der Waals surface area contributed by atoms with Crippen molar-refractivity contribution in [3.63, 3.8) is 0 Å². The van der Waals surface area contributed by atoms with Crippen molar-refractivity contribution in [1.82, 2.24) is 0 Å². The second-order valence-electron chi connectivity index (χ2n) is 6.06. The summed E-state index contributed by atoms with van der Waals surface area (Å²) < 4.78 is 0. The second kappa shape index (κ2) is 3.40. The lowest BCUT2D eigenvalue weighted by Gasteiger charge is -2.43. The molecular formula is C12H26. The van der Waals surface area contributed by atoms with Crippen LogP contribution in [0.1, 0.15) is 55.4 Å². The standard InChI is InChI=1S/C12H26/c1-9(2)12(7,8)10(3)11(4,5)6/h9-10H,1-8H3. The Kier molecular flexibility index (Phi) is 3.40. The highest BCUT2D eigenvalue weighted by atomic mass is 14.4. The van der Waals surface area contributed by atoms with E-state index in [0.29, 0.717) is 10.8 Å². The van der Waals surface area contributed by atoms with Gasteiger partial charge in [0.1, 0.15) is 0 Å². The predicted octanol–water partition coefficient (Wildman–Crippen LogP) is 4.35. The monoisotopic (exact) mass is 170 g/mol. The van der Waals surface area contributed by atoms with Crippen molar-refractivity contribution in [3.8, 4) is 0 Å². The third kappa shape index (κ3) is 2.50. The third-order valence-electron chi connectivity index (χ3n) is 3.90. The van der Waals surface area contributed by atoms with Gasteiger partial charge in [0.2, 0.25) is 0 Å². The number of rotatable bonds is 2. The average Bonchev–Trinajstić information content (AvgIpc) is 1.83. The largest absolute Gasteiger partial charge is 0.0623 e. The van der Waals surface area contributed by atoms with Gasteiger partial charge in [-0.1, -0.05) is 55.4 Å². The van der Waals surface area contributed by atoms with Crippen molar-refractivity contribution < 1.29 is 0 Å². The minimum absolute atomic E-state index is 0.424. The zero-order valence-electron chi connectivity index (χ0n) is 10.2. The van der Waals surface area contributed by atoms with Crippen LogP contribution in [-0.4, -0.2) is 0 Å². The molecule has 12 heavy (non-hydrogen) atoms. The fourth-order valence-electron chi connectivity index (χ4n) is 1.62. The van der Waals surface area contributed by atoms with Crippen molar-refractivity contribution >= 4 is 0 Å². The van der Waals surface area contributed by atoms with Crippen LogP contribution in [0.15, 0.2) is 0 Å². The first-order chi connectivity index (χ1) is 5.10. The Hall–Kier alpha value is 0. The third-order valence-corrected chi connectivity index (χ3v) is 3.90. The van der Waals surface area contributed by atoms with Crippen LogP contribution >= 0.6 is 0 Å². The lowest BCUT2D eigenvalue weighted by molar-refractivity contribution is 0.0599. The van der Waals surface area contributed by atoms with Gasteiger partial charge in [-0.2, -0.15) is 0 Å².